The number of benzene rings is 1. The Labute approximate surface area is 167 Å². The first-order chi connectivity index (χ1) is 13.7. The highest BCUT2D eigenvalue weighted by Gasteiger charge is 2.19. The molecule has 1 aromatic carbocycles. The summed E-state index contributed by atoms with van der Waals surface area (Å²) in [6, 6.07) is 7.69. The number of amides is 1. The van der Waals surface area contributed by atoms with Crippen molar-refractivity contribution < 1.29 is 9.53 Å². The van der Waals surface area contributed by atoms with Crippen molar-refractivity contribution in [2.24, 2.45) is 0 Å². The quantitative estimate of drug-likeness (QED) is 0.661. The number of fused-ring (bicyclic) bond motifs is 1. The topological polar surface area (TPSA) is 64.4 Å². The molecule has 0 spiro atoms. The van der Waals surface area contributed by atoms with Gasteiger partial charge < -0.3 is 9.64 Å². The molecule has 0 atom stereocenters. The number of rotatable bonds is 5. The van der Waals surface area contributed by atoms with E-state index in [2.05, 4.69) is 4.98 Å². The van der Waals surface area contributed by atoms with Gasteiger partial charge in [-0.15, -0.1) is 11.3 Å². The van der Waals surface area contributed by atoms with Crippen LogP contribution < -0.4 is 10.3 Å². The van der Waals surface area contributed by atoms with Gasteiger partial charge in [0.15, 0.2) is 0 Å². The Morgan fingerprint density at radius 1 is 1.18 bits per heavy atom. The number of likely N-dealkylation sites (tertiary alicyclic amines) is 1. The molecule has 0 N–H and O–H groups in total. The van der Waals surface area contributed by atoms with Crippen LogP contribution in [0.2, 0.25) is 0 Å². The van der Waals surface area contributed by atoms with E-state index >= 15 is 0 Å². The molecular weight excluding hydrogens is 374 g/mol. The molecule has 0 saturated carbocycles. The van der Waals surface area contributed by atoms with Gasteiger partial charge in [-0.2, -0.15) is 0 Å². The monoisotopic (exact) mass is 397 g/mol. The van der Waals surface area contributed by atoms with Gasteiger partial charge in [0.1, 0.15) is 17.1 Å². The molecule has 3 heterocycles. The van der Waals surface area contributed by atoms with Gasteiger partial charge in [-0.1, -0.05) is 12.1 Å². The van der Waals surface area contributed by atoms with Gasteiger partial charge in [-0.25, -0.2) is 4.98 Å². The molecule has 1 saturated heterocycles. The number of aromatic nitrogens is 2. The van der Waals surface area contributed by atoms with Crippen molar-refractivity contribution in [1.82, 2.24) is 14.5 Å². The van der Waals surface area contributed by atoms with Gasteiger partial charge in [0.25, 0.3) is 5.56 Å². The zero-order valence-corrected chi connectivity index (χ0v) is 16.7. The molecule has 0 radical (unpaired) electrons. The second-order valence-corrected chi connectivity index (χ2v) is 7.76. The van der Waals surface area contributed by atoms with Crippen LogP contribution in [-0.4, -0.2) is 40.1 Å². The Morgan fingerprint density at radius 2 is 1.93 bits per heavy atom. The summed E-state index contributed by atoms with van der Waals surface area (Å²) in [5.74, 6) is 0.786. The van der Waals surface area contributed by atoms with E-state index in [-0.39, 0.29) is 18.0 Å². The third kappa shape index (κ3) is 3.67. The lowest BCUT2D eigenvalue weighted by molar-refractivity contribution is -0.132. The standard InChI is InChI=1S/C21H23N3O3S/c1-2-27-16-8-6-15(7-9-16)17-13-28-20-19(17)21(26)24(14-22-20)12-18(25)23-10-4-3-5-11-23/h6-9,13-14H,2-5,10-12H2,1H3. The lowest BCUT2D eigenvalue weighted by Gasteiger charge is -2.26. The fraction of sp³-hybridized carbons (Fsp3) is 0.381. The van der Waals surface area contributed by atoms with Gasteiger partial charge >= 0.3 is 0 Å². The minimum atomic E-state index is -0.166. The van der Waals surface area contributed by atoms with Crippen molar-refractivity contribution in [1.29, 1.82) is 0 Å². The fourth-order valence-corrected chi connectivity index (χ4v) is 4.49. The summed E-state index contributed by atoms with van der Waals surface area (Å²) in [6.45, 7) is 4.15. The second kappa shape index (κ2) is 8.14. The van der Waals surface area contributed by atoms with Crippen molar-refractivity contribution in [3.63, 3.8) is 0 Å². The normalized spacial score (nSPS) is 14.4. The number of nitrogens with zero attached hydrogens (tertiary/aromatic N) is 3. The van der Waals surface area contributed by atoms with Crippen LogP contribution in [0.5, 0.6) is 5.75 Å². The number of ether oxygens (including phenoxy) is 1. The zero-order valence-electron chi connectivity index (χ0n) is 15.9. The summed E-state index contributed by atoms with van der Waals surface area (Å²) in [6.07, 6.45) is 4.72. The van der Waals surface area contributed by atoms with E-state index in [0.29, 0.717) is 16.8 Å². The molecule has 0 bridgehead atoms. The largest absolute Gasteiger partial charge is 0.494 e. The average Bonchev–Trinajstić information content (AvgIpc) is 3.16. The Balaban J connectivity index is 1.65. The molecule has 7 heteroatoms. The number of hydrogen-bond acceptors (Lipinski definition) is 5. The lowest BCUT2D eigenvalue weighted by atomic mass is 10.1. The Hall–Kier alpha value is -2.67. The van der Waals surface area contributed by atoms with Gasteiger partial charge in [0.2, 0.25) is 5.91 Å². The van der Waals surface area contributed by atoms with Gasteiger partial charge in [-0.05, 0) is 43.9 Å². The molecule has 0 aliphatic carbocycles. The molecule has 0 unspecified atom stereocenters. The second-order valence-electron chi connectivity index (χ2n) is 6.91. The van der Waals surface area contributed by atoms with Crippen LogP contribution in [0.15, 0.2) is 40.8 Å². The van der Waals surface area contributed by atoms with E-state index in [4.69, 9.17) is 4.74 Å². The SMILES string of the molecule is CCOc1ccc(-c2csc3ncn(CC(=O)N4CCCCC4)c(=O)c23)cc1. The van der Waals surface area contributed by atoms with Crippen LogP contribution in [0.1, 0.15) is 26.2 Å². The molecule has 28 heavy (non-hydrogen) atoms. The smallest absolute Gasteiger partial charge is 0.263 e. The lowest BCUT2D eigenvalue weighted by Crippen LogP contribution is -2.39. The number of thiophene rings is 1. The molecule has 1 aliphatic heterocycles. The summed E-state index contributed by atoms with van der Waals surface area (Å²) in [7, 11) is 0. The first-order valence-corrected chi connectivity index (χ1v) is 10.5. The molecule has 1 amide bonds. The highest BCUT2D eigenvalue weighted by Crippen LogP contribution is 2.31. The van der Waals surface area contributed by atoms with E-state index in [0.717, 1.165) is 49.2 Å². The summed E-state index contributed by atoms with van der Waals surface area (Å²) in [4.78, 5) is 32.6. The number of carbonyl (C=O) groups excluding carboxylic acids is 1. The van der Waals surface area contributed by atoms with Crippen molar-refractivity contribution in [3.8, 4) is 16.9 Å². The molecule has 3 aromatic rings. The molecule has 6 nitrogen and oxygen atoms in total. The molecule has 1 aliphatic rings. The van der Waals surface area contributed by atoms with E-state index in [9.17, 15) is 9.59 Å². The van der Waals surface area contributed by atoms with E-state index in [1.54, 1.807) is 0 Å². The van der Waals surface area contributed by atoms with Crippen molar-refractivity contribution in [2.45, 2.75) is 32.7 Å². The average molecular weight is 398 g/mol. The third-order valence-corrected chi connectivity index (χ3v) is 5.94. The maximum absolute atomic E-state index is 13.1. The minimum Gasteiger partial charge on any atom is -0.494 e. The maximum Gasteiger partial charge on any atom is 0.263 e. The van der Waals surface area contributed by atoms with Crippen molar-refractivity contribution >= 4 is 27.5 Å². The third-order valence-electron chi connectivity index (χ3n) is 5.05. The summed E-state index contributed by atoms with van der Waals surface area (Å²) in [5.41, 5.74) is 1.62. The molecular formula is C21H23N3O3S. The predicted octanol–water partition coefficient (Wildman–Crippen LogP) is 3.54. The van der Waals surface area contributed by atoms with Crippen LogP contribution in [0.25, 0.3) is 21.3 Å². The number of hydrogen-bond donors (Lipinski definition) is 0. The van der Waals surface area contributed by atoms with Crippen LogP contribution in [0, 0.1) is 0 Å². The number of carbonyl (C=O) groups is 1. The highest BCUT2D eigenvalue weighted by molar-refractivity contribution is 7.17. The Bertz CT molecular complexity index is 1030. The first kappa shape index (κ1) is 18.7. The van der Waals surface area contributed by atoms with E-state index in [1.807, 2.05) is 41.5 Å². The highest BCUT2D eigenvalue weighted by atomic mass is 32.1. The van der Waals surface area contributed by atoms with Crippen molar-refractivity contribution in [3.05, 3.63) is 46.3 Å². The van der Waals surface area contributed by atoms with Gasteiger partial charge in [0, 0.05) is 24.0 Å². The van der Waals surface area contributed by atoms with E-state index in [1.165, 1.54) is 22.2 Å². The Morgan fingerprint density at radius 3 is 2.64 bits per heavy atom. The van der Waals surface area contributed by atoms with E-state index < -0.39 is 0 Å². The van der Waals surface area contributed by atoms with Crippen LogP contribution in [-0.2, 0) is 11.3 Å². The van der Waals surface area contributed by atoms with Crippen molar-refractivity contribution in [2.75, 3.05) is 19.7 Å². The van der Waals surface area contributed by atoms with Crippen LogP contribution in [0.4, 0.5) is 0 Å². The van der Waals surface area contributed by atoms with Crippen LogP contribution in [0.3, 0.4) is 0 Å². The fourth-order valence-electron chi connectivity index (χ4n) is 3.58. The maximum atomic E-state index is 13.1. The van der Waals surface area contributed by atoms with Gasteiger partial charge in [-0.3, -0.25) is 14.2 Å². The summed E-state index contributed by atoms with van der Waals surface area (Å²) >= 11 is 1.44. The minimum absolute atomic E-state index is 0.0132. The summed E-state index contributed by atoms with van der Waals surface area (Å²) < 4.78 is 6.93. The summed E-state index contributed by atoms with van der Waals surface area (Å²) in [5, 5.41) is 2.52. The Kier molecular flexibility index (Phi) is 5.43. The molecule has 146 valence electrons. The number of piperidine rings is 1. The van der Waals surface area contributed by atoms with Gasteiger partial charge in [0.05, 0.1) is 18.3 Å². The molecule has 2 aromatic heterocycles. The first-order valence-electron chi connectivity index (χ1n) is 9.65. The zero-order chi connectivity index (χ0) is 19.5. The predicted molar refractivity (Wildman–Crippen MR) is 111 cm³/mol. The van der Waals surface area contributed by atoms with Crippen LogP contribution >= 0.6 is 11.3 Å². The molecule has 4 rings (SSSR count). The molecule has 1 fully saturated rings.